The van der Waals surface area contributed by atoms with Gasteiger partial charge in [0, 0.05) is 48.0 Å². The van der Waals surface area contributed by atoms with Crippen molar-refractivity contribution >= 4 is 22.6 Å². The Morgan fingerprint density at radius 1 is 1.03 bits per heavy atom. The molecule has 1 N–H and O–H groups in total. The Balaban J connectivity index is 1.86. The van der Waals surface area contributed by atoms with Gasteiger partial charge in [0.25, 0.3) is 0 Å². The highest BCUT2D eigenvalue weighted by Crippen LogP contribution is 2.39. The van der Waals surface area contributed by atoms with E-state index in [0.717, 1.165) is 48.1 Å². The largest absolute Gasteiger partial charge is 0.465 e. The third-order valence-electron chi connectivity index (χ3n) is 7.65. The molecule has 39 heavy (non-hydrogen) atoms. The van der Waals surface area contributed by atoms with Crippen molar-refractivity contribution in [3.8, 4) is 11.3 Å². The lowest BCUT2D eigenvalue weighted by Gasteiger charge is -2.29. The van der Waals surface area contributed by atoms with Crippen LogP contribution in [0.5, 0.6) is 0 Å². The Labute approximate surface area is 233 Å². The van der Waals surface area contributed by atoms with Crippen LogP contribution in [0.1, 0.15) is 75.6 Å². The number of fused-ring (bicyclic) bond motifs is 1. The van der Waals surface area contributed by atoms with Crippen LogP contribution in [0.3, 0.4) is 0 Å². The maximum atomic E-state index is 12.9. The highest BCUT2D eigenvalue weighted by atomic mass is 16.5. The van der Waals surface area contributed by atoms with Crippen molar-refractivity contribution in [2.24, 2.45) is 0 Å². The van der Waals surface area contributed by atoms with E-state index in [4.69, 9.17) is 4.74 Å². The van der Waals surface area contributed by atoms with Gasteiger partial charge in [-0.2, -0.15) is 0 Å². The second-order valence-electron chi connectivity index (χ2n) is 11.3. The van der Waals surface area contributed by atoms with E-state index in [-0.39, 0.29) is 11.9 Å². The highest BCUT2D eigenvalue weighted by Gasteiger charge is 2.32. The van der Waals surface area contributed by atoms with Crippen molar-refractivity contribution in [1.29, 1.82) is 0 Å². The molecule has 0 aliphatic heterocycles. The lowest BCUT2D eigenvalue weighted by Crippen LogP contribution is -2.31. The zero-order chi connectivity index (χ0) is 28.2. The number of nitrogens with zero attached hydrogens (tertiary/aromatic N) is 2. The Bertz CT molecular complexity index is 1400. The van der Waals surface area contributed by atoms with E-state index in [1.165, 1.54) is 27.9 Å². The Hall–Kier alpha value is -3.60. The van der Waals surface area contributed by atoms with Crippen LogP contribution in [-0.4, -0.2) is 35.6 Å². The van der Waals surface area contributed by atoms with Crippen LogP contribution in [0.15, 0.2) is 60.9 Å². The van der Waals surface area contributed by atoms with Gasteiger partial charge in [-0.25, -0.2) is 0 Å². The van der Waals surface area contributed by atoms with Crippen molar-refractivity contribution in [3.63, 3.8) is 0 Å². The zero-order valence-electron chi connectivity index (χ0n) is 24.6. The van der Waals surface area contributed by atoms with Crippen LogP contribution in [0, 0.1) is 13.8 Å². The minimum Gasteiger partial charge on any atom is -0.465 e. The molecule has 5 nitrogen and oxygen atoms in total. The molecule has 1 atom stereocenters. The molecule has 0 amide bonds. The minimum absolute atomic E-state index is 0.201. The van der Waals surface area contributed by atoms with E-state index < -0.39 is 5.41 Å². The van der Waals surface area contributed by atoms with E-state index in [1.54, 1.807) is 0 Å². The summed E-state index contributed by atoms with van der Waals surface area (Å²) in [5, 5.41) is 1.16. The Morgan fingerprint density at radius 3 is 2.36 bits per heavy atom. The molecular formula is C34H43N3O2. The number of aromatic amines is 1. The number of aryl methyl sites for hydroxylation is 2. The Kier molecular flexibility index (Phi) is 8.79. The number of nitrogens with one attached hydrogen (secondary N) is 1. The second-order valence-corrected chi connectivity index (χ2v) is 11.3. The summed E-state index contributed by atoms with van der Waals surface area (Å²) < 4.78 is 5.43. The number of carbonyl (C=O) groups is 1. The van der Waals surface area contributed by atoms with E-state index in [1.807, 2.05) is 33.2 Å². The van der Waals surface area contributed by atoms with E-state index in [9.17, 15) is 4.79 Å². The van der Waals surface area contributed by atoms with Crippen LogP contribution in [0.4, 0.5) is 5.69 Å². The fourth-order valence-corrected chi connectivity index (χ4v) is 5.54. The first-order valence-corrected chi connectivity index (χ1v) is 14.2. The average molecular weight is 526 g/mol. The minimum atomic E-state index is -0.744. The molecule has 0 fully saturated rings. The standard InChI is InChI=1S/C34H43N3O2/c1-8-10-17-37(28-13-15-35-16-14-28)22-25(5)31-29-21-27(34(6,7)33(38)39-9-2)11-12-30(29)36-32(31)26-19-23(3)18-24(4)20-26/h11-16,18-21,25,36H,8-10,17,22H2,1-7H3. The topological polar surface area (TPSA) is 58.2 Å². The van der Waals surface area contributed by atoms with Gasteiger partial charge in [-0.3, -0.25) is 9.78 Å². The maximum absolute atomic E-state index is 12.9. The van der Waals surface area contributed by atoms with Crippen molar-refractivity contribution in [2.45, 2.75) is 72.6 Å². The summed E-state index contributed by atoms with van der Waals surface area (Å²) in [6, 6.07) is 17.3. The average Bonchev–Trinajstić information content (AvgIpc) is 3.30. The van der Waals surface area contributed by atoms with Gasteiger partial charge in [0.1, 0.15) is 0 Å². The third kappa shape index (κ3) is 6.19. The van der Waals surface area contributed by atoms with Gasteiger partial charge in [0.2, 0.25) is 0 Å². The molecule has 0 spiro atoms. The van der Waals surface area contributed by atoms with Gasteiger partial charge in [-0.1, -0.05) is 43.5 Å². The molecule has 1 unspecified atom stereocenters. The quantitative estimate of drug-likeness (QED) is 0.201. The number of anilines is 1. The van der Waals surface area contributed by atoms with E-state index in [0.29, 0.717) is 6.61 Å². The van der Waals surface area contributed by atoms with Crippen molar-refractivity contribution < 1.29 is 9.53 Å². The van der Waals surface area contributed by atoms with Crippen LogP contribution in [-0.2, 0) is 14.9 Å². The molecule has 0 saturated heterocycles. The smallest absolute Gasteiger partial charge is 0.315 e. The molecule has 0 aliphatic carbocycles. The monoisotopic (exact) mass is 525 g/mol. The van der Waals surface area contributed by atoms with Crippen molar-refractivity contribution in [3.05, 3.63) is 83.2 Å². The zero-order valence-corrected chi connectivity index (χ0v) is 24.6. The van der Waals surface area contributed by atoms with Gasteiger partial charge < -0.3 is 14.6 Å². The number of aromatic nitrogens is 2. The number of rotatable bonds is 11. The maximum Gasteiger partial charge on any atom is 0.315 e. The van der Waals surface area contributed by atoms with Gasteiger partial charge in [-0.05, 0) is 94.1 Å². The van der Waals surface area contributed by atoms with Gasteiger partial charge >= 0.3 is 5.97 Å². The van der Waals surface area contributed by atoms with E-state index in [2.05, 4.69) is 91.1 Å². The number of esters is 1. The number of hydrogen-bond donors (Lipinski definition) is 1. The van der Waals surface area contributed by atoms with Gasteiger partial charge in [0.05, 0.1) is 17.7 Å². The summed E-state index contributed by atoms with van der Waals surface area (Å²) in [5.41, 5.74) is 8.62. The first kappa shape index (κ1) is 28.4. The number of pyridine rings is 1. The third-order valence-corrected chi connectivity index (χ3v) is 7.65. The first-order chi connectivity index (χ1) is 18.6. The lowest BCUT2D eigenvalue weighted by atomic mass is 9.83. The van der Waals surface area contributed by atoms with Crippen LogP contribution in [0.25, 0.3) is 22.2 Å². The number of hydrogen-bond acceptors (Lipinski definition) is 4. The second kappa shape index (κ2) is 12.1. The molecule has 2 aromatic carbocycles. The predicted octanol–water partition coefficient (Wildman–Crippen LogP) is 8.10. The normalized spacial score (nSPS) is 12.5. The number of benzene rings is 2. The van der Waals surface area contributed by atoms with Crippen LogP contribution >= 0.6 is 0 Å². The summed E-state index contributed by atoms with van der Waals surface area (Å²) in [5.74, 6) is 0.0213. The molecule has 2 aromatic heterocycles. The van der Waals surface area contributed by atoms with Crippen LogP contribution in [0.2, 0.25) is 0 Å². The number of unbranched alkanes of at least 4 members (excludes halogenated alkanes) is 1. The molecular weight excluding hydrogens is 482 g/mol. The first-order valence-electron chi connectivity index (χ1n) is 14.2. The molecule has 4 aromatic rings. The fourth-order valence-electron chi connectivity index (χ4n) is 5.54. The fraction of sp³-hybridized carbons (Fsp3) is 0.412. The van der Waals surface area contributed by atoms with Gasteiger partial charge in [-0.15, -0.1) is 0 Å². The lowest BCUT2D eigenvalue weighted by molar-refractivity contribution is -0.148. The molecule has 0 bridgehead atoms. The summed E-state index contributed by atoms with van der Waals surface area (Å²) in [6.07, 6.45) is 6.01. The number of ether oxygens (including phenoxy) is 1. The molecule has 0 radical (unpaired) electrons. The summed E-state index contributed by atoms with van der Waals surface area (Å²) >= 11 is 0. The highest BCUT2D eigenvalue weighted by molar-refractivity contribution is 5.93. The predicted molar refractivity (Wildman–Crippen MR) is 163 cm³/mol. The summed E-state index contributed by atoms with van der Waals surface area (Å²) in [6.45, 7) is 16.8. The molecule has 4 rings (SSSR count). The molecule has 0 saturated carbocycles. The summed E-state index contributed by atoms with van der Waals surface area (Å²) in [7, 11) is 0. The SMILES string of the molecule is CCCCN(CC(C)c1c(-c2cc(C)cc(C)c2)[nH]c2ccc(C(C)(C)C(=O)OCC)cc12)c1ccncc1. The van der Waals surface area contributed by atoms with Crippen molar-refractivity contribution in [2.75, 3.05) is 24.6 Å². The molecule has 2 heterocycles. The van der Waals surface area contributed by atoms with Crippen LogP contribution < -0.4 is 4.90 Å². The summed E-state index contributed by atoms with van der Waals surface area (Å²) in [4.78, 5) is 23.4. The molecule has 0 aliphatic rings. The van der Waals surface area contributed by atoms with Crippen molar-refractivity contribution in [1.82, 2.24) is 9.97 Å². The molecule has 206 valence electrons. The molecule has 5 heteroatoms. The van der Waals surface area contributed by atoms with E-state index >= 15 is 0 Å². The number of H-pyrrole nitrogens is 1. The Morgan fingerprint density at radius 2 is 1.72 bits per heavy atom. The van der Waals surface area contributed by atoms with Gasteiger partial charge in [0.15, 0.2) is 0 Å². The number of carbonyl (C=O) groups excluding carboxylic acids is 1.